The van der Waals surface area contributed by atoms with Gasteiger partial charge in [-0.2, -0.15) is 0 Å². The van der Waals surface area contributed by atoms with E-state index in [-0.39, 0.29) is 34.3 Å². The summed E-state index contributed by atoms with van der Waals surface area (Å²) >= 11 is 0. The average Bonchev–Trinajstić information content (AvgIpc) is 3.10. The molecule has 5 nitrogen and oxygen atoms in total. The van der Waals surface area contributed by atoms with Gasteiger partial charge in [0.1, 0.15) is 5.82 Å². The molecule has 140 valence electrons. The number of nitrogens with one attached hydrogen (secondary N) is 1. The van der Waals surface area contributed by atoms with Crippen molar-refractivity contribution in [3.63, 3.8) is 0 Å². The summed E-state index contributed by atoms with van der Waals surface area (Å²) in [5, 5.41) is 2.62. The number of sulfone groups is 1. The molecular weight excluding hydrogens is 369 g/mol. The molecular formula is C20H18FNO4S. The van der Waals surface area contributed by atoms with Gasteiger partial charge in [-0.25, -0.2) is 12.8 Å². The van der Waals surface area contributed by atoms with E-state index in [1.54, 1.807) is 37.3 Å². The number of hydrogen-bond acceptors (Lipinski definition) is 4. The topological polar surface area (TPSA) is 76.4 Å². The number of aryl methyl sites for hydroxylation is 1. The van der Waals surface area contributed by atoms with Crippen molar-refractivity contribution in [1.82, 2.24) is 5.32 Å². The molecule has 3 rings (SSSR count). The van der Waals surface area contributed by atoms with Crippen LogP contribution in [-0.2, 0) is 22.1 Å². The standard InChI is InChI=1S/C20H18FNO4S/c1-14-7-8-15(11-18(14)21)12-22-20(23)19-16(9-10-26-19)13-27(24,25)17-5-3-2-4-6-17/h2-11H,12-13H2,1H3,(H,22,23). The van der Waals surface area contributed by atoms with E-state index >= 15 is 0 Å². The van der Waals surface area contributed by atoms with Crippen LogP contribution in [0.4, 0.5) is 4.39 Å². The zero-order chi connectivity index (χ0) is 19.4. The number of carbonyl (C=O) groups excluding carboxylic acids is 1. The Bertz CT molecular complexity index is 1060. The molecule has 1 amide bonds. The van der Waals surface area contributed by atoms with Crippen molar-refractivity contribution in [2.45, 2.75) is 24.1 Å². The molecule has 0 aliphatic heterocycles. The van der Waals surface area contributed by atoms with Crippen molar-refractivity contribution in [3.05, 3.63) is 89.1 Å². The molecule has 0 aliphatic carbocycles. The summed E-state index contributed by atoms with van der Waals surface area (Å²) in [7, 11) is -3.61. The average molecular weight is 387 g/mol. The number of carbonyl (C=O) groups is 1. The molecule has 0 bridgehead atoms. The summed E-state index contributed by atoms with van der Waals surface area (Å²) in [6.45, 7) is 1.75. The largest absolute Gasteiger partial charge is 0.459 e. The number of halogens is 1. The molecule has 3 aromatic rings. The number of benzene rings is 2. The Hall–Kier alpha value is -2.93. The maximum Gasteiger partial charge on any atom is 0.287 e. The van der Waals surface area contributed by atoms with E-state index in [0.717, 1.165) is 0 Å². The summed E-state index contributed by atoms with van der Waals surface area (Å²) in [5.74, 6) is -1.33. The summed E-state index contributed by atoms with van der Waals surface area (Å²) in [6, 6.07) is 14.1. The molecule has 0 saturated carbocycles. The van der Waals surface area contributed by atoms with Gasteiger partial charge in [-0.3, -0.25) is 4.79 Å². The van der Waals surface area contributed by atoms with E-state index in [1.165, 1.54) is 30.5 Å². The number of amides is 1. The smallest absolute Gasteiger partial charge is 0.287 e. The van der Waals surface area contributed by atoms with Crippen LogP contribution in [0.15, 0.2) is 70.2 Å². The Kier molecular flexibility index (Phi) is 5.41. The monoisotopic (exact) mass is 387 g/mol. The summed E-state index contributed by atoms with van der Waals surface area (Å²) in [4.78, 5) is 12.6. The fourth-order valence-corrected chi connectivity index (χ4v) is 3.95. The van der Waals surface area contributed by atoms with Crippen molar-refractivity contribution in [2.24, 2.45) is 0 Å². The molecule has 0 fully saturated rings. The Labute approximate surface area is 156 Å². The number of hydrogen-bond donors (Lipinski definition) is 1. The first kappa shape index (κ1) is 18.8. The minimum absolute atomic E-state index is 0.0675. The molecule has 7 heteroatoms. The highest BCUT2D eigenvalue weighted by atomic mass is 32.2. The summed E-state index contributed by atoms with van der Waals surface area (Å²) in [5.41, 5.74) is 1.38. The van der Waals surface area contributed by atoms with Crippen LogP contribution >= 0.6 is 0 Å². The second kappa shape index (κ2) is 7.75. The van der Waals surface area contributed by atoms with Crippen molar-refractivity contribution in [2.75, 3.05) is 0 Å². The van der Waals surface area contributed by atoms with Gasteiger partial charge < -0.3 is 9.73 Å². The van der Waals surface area contributed by atoms with Gasteiger partial charge in [0.05, 0.1) is 16.9 Å². The Morgan fingerprint density at radius 2 is 1.85 bits per heavy atom. The van der Waals surface area contributed by atoms with Gasteiger partial charge in [0, 0.05) is 12.1 Å². The lowest BCUT2D eigenvalue weighted by molar-refractivity contribution is 0.0922. The highest BCUT2D eigenvalue weighted by molar-refractivity contribution is 7.90. The highest BCUT2D eigenvalue weighted by Gasteiger charge is 2.22. The molecule has 0 aliphatic rings. The summed E-state index contributed by atoms with van der Waals surface area (Å²) < 4.78 is 43.8. The minimum Gasteiger partial charge on any atom is -0.459 e. The third kappa shape index (κ3) is 4.43. The van der Waals surface area contributed by atoms with Crippen LogP contribution in [0.5, 0.6) is 0 Å². The quantitative estimate of drug-likeness (QED) is 0.701. The van der Waals surface area contributed by atoms with Gasteiger partial charge in [-0.1, -0.05) is 30.3 Å². The Morgan fingerprint density at radius 3 is 2.56 bits per heavy atom. The normalized spacial score (nSPS) is 11.3. The Balaban J connectivity index is 1.72. The van der Waals surface area contributed by atoms with Crippen LogP contribution < -0.4 is 5.32 Å². The van der Waals surface area contributed by atoms with Crippen LogP contribution in [0.1, 0.15) is 27.2 Å². The predicted molar refractivity (Wildman–Crippen MR) is 98.3 cm³/mol. The third-order valence-corrected chi connectivity index (χ3v) is 5.77. The van der Waals surface area contributed by atoms with Gasteiger partial charge in [0.25, 0.3) is 5.91 Å². The van der Waals surface area contributed by atoms with Crippen molar-refractivity contribution in [3.8, 4) is 0 Å². The molecule has 0 unspecified atom stereocenters. The third-order valence-electron chi connectivity index (χ3n) is 4.09. The molecule has 0 saturated heterocycles. The van der Waals surface area contributed by atoms with E-state index < -0.39 is 15.7 Å². The fraction of sp³-hybridized carbons (Fsp3) is 0.150. The predicted octanol–water partition coefficient (Wildman–Crippen LogP) is 3.63. The molecule has 0 radical (unpaired) electrons. The molecule has 0 spiro atoms. The van der Waals surface area contributed by atoms with E-state index in [2.05, 4.69) is 5.32 Å². The first-order chi connectivity index (χ1) is 12.9. The van der Waals surface area contributed by atoms with Crippen LogP contribution in [0.25, 0.3) is 0 Å². The molecule has 0 atom stereocenters. The highest BCUT2D eigenvalue weighted by Crippen LogP contribution is 2.20. The molecule has 1 heterocycles. The Morgan fingerprint density at radius 1 is 1.11 bits per heavy atom. The number of furan rings is 1. The van der Waals surface area contributed by atoms with E-state index in [9.17, 15) is 17.6 Å². The zero-order valence-corrected chi connectivity index (χ0v) is 15.4. The first-order valence-corrected chi connectivity index (χ1v) is 9.89. The van der Waals surface area contributed by atoms with Crippen LogP contribution in [-0.4, -0.2) is 14.3 Å². The minimum atomic E-state index is -3.61. The lowest BCUT2D eigenvalue weighted by Crippen LogP contribution is -2.24. The summed E-state index contributed by atoms with van der Waals surface area (Å²) in [6.07, 6.45) is 1.27. The van der Waals surface area contributed by atoms with Crippen molar-refractivity contribution >= 4 is 15.7 Å². The first-order valence-electron chi connectivity index (χ1n) is 8.24. The number of rotatable bonds is 6. The maximum atomic E-state index is 13.6. The van der Waals surface area contributed by atoms with Gasteiger partial charge >= 0.3 is 0 Å². The van der Waals surface area contributed by atoms with E-state index in [4.69, 9.17) is 4.42 Å². The van der Waals surface area contributed by atoms with Gasteiger partial charge in [-0.15, -0.1) is 0 Å². The van der Waals surface area contributed by atoms with Gasteiger partial charge in [0.2, 0.25) is 0 Å². The van der Waals surface area contributed by atoms with Crippen LogP contribution in [0, 0.1) is 12.7 Å². The lowest BCUT2D eigenvalue weighted by atomic mass is 10.1. The SMILES string of the molecule is Cc1ccc(CNC(=O)c2occc2CS(=O)(=O)c2ccccc2)cc1F. The van der Waals surface area contributed by atoms with Crippen LogP contribution in [0.2, 0.25) is 0 Å². The molecule has 1 aromatic heterocycles. The maximum absolute atomic E-state index is 13.6. The van der Waals surface area contributed by atoms with Crippen LogP contribution in [0.3, 0.4) is 0 Å². The zero-order valence-electron chi connectivity index (χ0n) is 14.6. The second-order valence-corrected chi connectivity index (χ2v) is 8.10. The molecule has 2 aromatic carbocycles. The molecule has 1 N–H and O–H groups in total. The molecule has 27 heavy (non-hydrogen) atoms. The second-order valence-electron chi connectivity index (χ2n) is 6.11. The van der Waals surface area contributed by atoms with Crippen molar-refractivity contribution < 1.29 is 22.0 Å². The van der Waals surface area contributed by atoms with Gasteiger partial charge in [-0.05, 0) is 42.3 Å². The fourth-order valence-electron chi connectivity index (χ4n) is 2.57. The van der Waals surface area contributed by atoms with Crippen molar-refractivity contribution in [1.29, 1.82) is 0 Å². The van der Waals surface area contributed by atoms with Gasteiger partial charge in [0.15, 0.2) is 15.6 Å². The van der Waals surface area contributed by atoms with E-state index in [0.29, 0.717) is 11.1 Å². The lowest BCUT2D eigenvalue weighted by Gasteiger charge is -2.07. The van der Waals surface area contributed by atoms with E-state index in [1.807, 2.05) is 0 Å².